The van der Waals surface area contributed by atoms with Gasteiger partial charge in [-0.15, -0.1) is 11.8 Å². The highest BCUT2D eigenvalue weighted by molar-refractivity contribution is 8.02. The fraction of sp³-hybridized carbons (Fsp3) is 0.214. The number of carbonyl (C=O) groups excluding carboxylic acids is 2. The topological polar surface area (TPSA) is 79.2 Å². The van der Waals surface area contributed by atoms with E-state index in [-0.39, 0.29) is 23.1 Å². The summed E-state index contributed by atoms with van der Waals surface area (Å²) in [5.41, 5.74) is 0.240. The lowest BCUT2D eigenvalue weighted by Gasteiger charge is -2.09. The zero-order chi connectivity index (χ0) is 15.0. The second-order valence-electron chi connectivity index (χ2n) is 3.56. The molecular formula is C14H14N2O3S. The third-order valence-electron chi connectivity index (χ3n) is 2.29. The molecule has 1 amide bonds. The quantitative estimate of drug-likeness (QED) is 0.510. The molecule has 5 nitrogen and oxygen atoms in total. The van der Waals surface area contributed by atoms with Gasteiger partial charge in [-0.05, 0) is 25.3 Å². The largest absolute Gasteiger partial charge is 0.462 e. The smallest absolute Gasteiger partial charge is 0.351 e. The SMILES string of the molecule is CCOC(=O)/C(C#N)=C(/NC(=O)c1ccccc1)SC. The van der Waals surface area contributed by atoms with Gasteiger partial charge in [0, 0.05) is 5.56 Å². The van der Waals surface area contributed by atoms with E-state index >= 15 is 0 Å². The molecule has 0 bridgehead atoms. The highest BCUT2D eigenvalue weighted by Gasteiger charge is 2.18. The Balaban J connectivity index is 2.98. The number of amides is 1. The summed E-state index contributed by atoms with van der Waals surface area (Å²) in [6.07, 6.45) is 1.66. The standard InChI is InChI=1S/C14H14N2O3S/c1-3-19-14(18)11(9-15)13(20-2)16-12(17)10-7-5-4-6-8-10/h4-8H,3H2,1-2H3,(H,16,17)/b13-11-. The first-order valence-electron chi connectivity index (χ1n) is 5.85. The average Bonchev–Trinajstić information content (AvgIpc) is 2.48. The number of rotatable bonds is 5. The van der Waals surface area contributed by atoms with Gasteiger partial charge in [-0.2, -0.15) is 5.26 Å². The van der Waals surface area contributed by atoms with Crippen molar-refractivity contribution in [3.05, 3.63) is 46.5 Å². The summed E-state index contributed by atoms with van der Waals surface area (Å²) in [7, 11) is 0. The minimum atomic E-state index is -0.743. The Morgan fingerprint density at radius 1 is 1.35 bits per heavy atom. The van der Waals surface area contributed by atoms with Crippen LogP contribution in [0.1, 0.15) is 17.3 Å². The monoisotopic (exact) mass is 290 g/mol. The van der Waals surface area contributed by atoms with Crippen LogP contribution in [-0.2, 0) is 9.53 Å². The first-order valence-corrected chi connectivity index (χ1v) is 7.08. The number of thioether (sulfide) groups is 1. The van der Waals surface area contributed by atoms with E-state index in [4.69, 9.17) is 10.00 Å². The van der Waals surface area contributed by atoms with Gasteiger partial charge >= 0.3 is 5.97 Å². The Bertz CT molecular complexity index is 562. The van der Waals surface area contributed by atoms with Gasteiger partial charge in [0.2, 0.25) is 0 Å². The van der Waals surface area contributed by atoms with E-state index in [1.54, 1.807) is 49.6 Å². The number of nitrogens with zero attached hydrogens (tertiary/aromatic N) is 1. The van der Waals surface area contributed by atoms with E-state index in [9.17, 15) is 9.59 Å². The zero-order valence-corrected chi connectivity index (χ0v) is 12.0. The van der Waals surface area contributed by atoms with Crippen LogP contribution in [0, 0.1) is 11.3 Å². The van der Waals surface area contributed by atoms with Gasteiger partial charge in [0.05, 0.1) is 6.61 Å². The lowest BCUT2D eigenvalue weighted by Crippen LogP contribution is -2.24. The molecule has 0 aliphatic carbocycles. The van der Waals surface area contributed by atoms with E-state index in [0.717, 1.165) is 11.8 Å². The van der Waals surface area contributed by atoms with E-state index in [1.807, 2.05) is 0 Å². The average molecular weight is 290 g/mol. The van der Waals surface area contributed by atoms with Gasteiger partial charge in [0.15, 0.2) is 5.57 Å². The summed E-state index contributed by atoms with van der Waals surface area (Å²) in [6, 6.07) is 10.3. The molecule has 1 aromatic rings. The molecule has 104 valence electrons. The Labute approximate surface area is 121 Å². The predicted molar refractivity (Wildman–Crippen MR) is 76.7 cm³/mol. The molecule has 0 spiro atoms. The molecule has 0 aliphatic heterocycles. The van der Waals surface area contributed by atoms with Crippen molar-refractivity contribution in [2.24, 2.45) is 0 Å². The highest BCUT2D eigenvalue weighted by Crippen LogP contribution is 2.16. The summed E-state index contributed by atoms with van der Waals surface area (Å²) >= 11 is 1.10. The minimum Gasteiger partial charge on any atom is -0.462 e. The maximum atomic E-state index is 12.0. The van der Waals surface area contributed by atoms with Gasteiger partial charge < -0.3 is 10.1 Å². The van der Waals surface area contributed by atoms with Crippen molar-refractivity contribution >= 4 is 23.6 Å². The van der Waals surface area contributed by atoms with Crippen molar-refractivity contribution in [3.63, 3.8) is 0 Å². The molecule has 0 saturated heterocycles. The molecule has 0 saturated carbocycles. The molecule has 0 heterocycles. The lowest BCUT2D eigenvalue weighted by atomic mass is 10.2. The maximum absolute atomic E-state index is 12.0. The van der Waals surface area contributed by atoms with Crippen molar-refractivity contribution in [2.45, 2.75) is 6.92 Å². The number of benzene rings is 1. The molecule has 1 aromatic carbocycles. The van der Waals surface area contributed by atoms with Crippen LogP contribution < -0.4 is 5.32 Å². The maximum Gasteiger partial charge on any atom is 0.351 e. The Morgan fingerprint density at radius 3 is 2.50 bits per heavy atom. The van der Waals surface area contributed by atoms with Gasteiger partial charge in [0.1, 0.15) is 11.1 Å². The number of hydrogen-bond donors (Lipinski definition) is 1. The van der Waals surface area contributed by atoms with Crippen LogP contribution in [0.3, 0.4) is 0 Å². The summed E-state index contributed by atoms with van der Waals surface area (Å²) in [5.74, 6) is -1.13. The van der Waals surface area contributed by atoms with Crippen molar-refractivity contribution in [2.75, 3.05) is 12.9 Å². The fourth-order valence-corrected chi connectivity index (χ4v) is 1.90. The van der Waals surface area contributed by atoms with Gasteiger partial charge in [-0.25, -0.2) is 4.79 Å². The molecule has 0 fully saturated rings. The third-order valence-corrected chi connectivity index (χ3v) is 3.00. The predicted octanol–water partition coefficient (Wildman–Crippen LogP) is 2.08. The Kier molecular flexibility index (Phi) is 6.33. The van der Waals surface area contributed by atoms with Crippen molar-refractivity contribution < 1.29 is 14.3 Å². The van der Waals surface area contributed by atoms with Crippen LogP contribution in [0.5, 0.6) is 0 Å². The number of ether oxygens (including phenoxy) is 1. The van der Waals surface area contributed by atoms with Crippen LogP contribution in [0.25, 0.3) is 0 Å². The Hall–Kier alpha value is -2.26. The molecule has 6 heteroatoms. The number of esters is 1. The summed E-state index contributed by atoms with van der Waals surface area (Å²) in [6.45, 7) is 1.81. The number of nitriles is 1. The van der Waals surface area contributed by atoms with Crippen LogP contribution >= 0.6 is 11.8 Å². The number of hydrogen-bond acceptors (Lipinski definition) is 5. The molecule has 0 unspecified atom stereocenters. The number of carbonyl (C=O) groups is 2. The first kappa shape index (κ1) is 15.8. The second-order valence-corrected chi connectivity index (χ2v) is 4.38. The second kappa shape index (κ2) is 8.02. The van der Waals surface area contributed by atoms with Crippen molar-refractivity contribution in [1.82, 2.24) is 5.32 Å². The first-order chi connectivity index (χ1) is 9.63. The van der Waals surface area contributed by atoms with Gasteiger partial charge in [-0.3, -0.25) is 4.79 Å². The molecule has 0 radical (unpaired) electrons. The highest BCUT2D eigenvalue weighted by atomic mass is 32.2. The van der Waals surface area contributed by atoms with E-state index in [0.29, 0.717) is 5.56 Å². The summed E-state index contributed by atoms with van der Waals surface area (Å²) < 4.78 is 4.78. The van der Waals surface area contributed by atoms with Crippen LogP contribution in [0.2, 0.25) is 0 Å². The molecule has 1 N–H and O–H groups in total. The zero-order valence-electron chi connectivity index (χ0n) is 11.2. The van der Waals surface area contributed by atoms with Crippen molar-refractivity contribution in [3.8, 4) is 6.07 Å². The van der Waals surface area contributed by atoms with Crippen LogP contribution in [0.15, 0.2) is 40.9 Å². The lowest BCUT2D eigenvalue weighted by molar-refractivity contribution is -0.138. The molecular weight excluding hydrogens is 276 g/mol. The van der Waals surface area contributed by atoms with Crippen LogP contribution in [-0.4, -0.2) is 24.7 Å². The van der Waals surface area contributed by atoms with Crippen molar-refractivity contribution in [1.29, 1.82) is 5.26 Å². The van der Waals surface area contributed by atoms with Gasteiger partial charge in [0.25, 0.3) is 5.91 Å². The molecule has 1 rings (SSSR count). The Morgan fingerprint density at radius 2 is 2.00 bits per heavy atom. The molecule has 0 aliphatic rings. The summed E-state index contributed by atoms with van der Waals surface area (Å²) in [5, 5.41) is 11.8. The van der Waals surface area contributed by atoms with Gasteiger partial charge in [-0.1, -0.05) is 18.2 Å². The van der Waals surface area contributed by atoms with E-state index in [1.165, 1.54) is 0 Å². The van der Waals surface area contributed by atoms with E-state index in [2.05, 4.69) is 5.32 Å². The molecule has 0 atom stereocenters. The normalized spacial score (nSPS) is 11.1. The van der Waals surface area contributed by atoms with Crippen LogP contribution in [0.4, 0.5) is 0 Å². The molecule has 20 heavy (non-hydrogen) atoms. The third kappa shape index (κ3) is 4.14. The fourth-order valence-electron chi connectivity index (χ4n) is 1.37. The number of nitrogens with one attached hydrogen (secondary N) is 1. The molecule has 0 aromatic heterocycles. The minimum absolute atomic E-state index is 0.165. The van der Waals surface area contributed by atoms with E-state index < -0.39 is 5.97 Å². The summed E-state index contributed by atoms with van der Waals surface area (Å²) in [4.78, 5) is 23.6.